The van der Waals surface area contributed by atoms with Crippen LogP contribution in [0.3, 0.4) is 0 Å². The zero-order valence-corrected chi connectivity index (χ0v) is 49.4. The highest BCUT2D eigenvalue weighted by molar-refractivity contribution is 5.76. The van der Waals surface area contributed by atoms with E-state index in [2.05, 4.69) is 43.5 Å². The molecular weight excluding hydrogens is 899 g/mol. The zero-order chi connectivity index (χ0) is 52.9. The van der Waals surface area contributed by atoms with Crippen molar-refractivity contribution < 1.29 is 24.5 Å². The molecular formula is C67H129NO5. The molecule has 0 aromatic carbocycles. The number of unbranched alkanes of at least 4 members (excludes halogenated alkanes) is 47. The number of carbonyl (C=O) groups is 2. The van der Waals surface area contributed by atoms with Crippen molar-refractivity contribution in [3.05, 3.63) is 24.3 Å². The quantitative estimate of drug-likeness (QED) is 0.0320. The third-order valence-corrected chi connectivity index (χ3v) is 15.5. The lowest BCUT2D eigenvalue weighted by Gasteiger charge is -2.22. The molecule has 0 fully saturated rings. The number of esters is 1. The van der Waals surface area contributed by atoms with Crippen molar-refractivity contribution in [3.63, 3.8) is 0 Å². The molecule has 0 radical (unpaired) electrons. The predicted molar refractivity (Wildman–Crippen MR) is 320 cm³/mol. The minimum atomic E-state index is -0.661. The van der Waals surface area contributed by atoms with Crippen LogP contribution in [0.5, 0.6) is 0 Å². The van der Waals surface area contributed by atoms with Crippen LogP contribution < -0.4 is 5.32 Å². The molecule has 0 aromatic rings. The molecule has 0 spiro atoms. The molecule has 0 saturated carbocycles. The van der Waals surface area contributed by atoms with E-state index in [1.54, 1.807) is 0 Å². The summed E-state index contributed by atoms with van der Waals surface area (Å²) in [5.41, 5.74) is 0. The number of hydrogen-bond acceptors (Lipinski definition) is 5. The number of carbonyl (C=O) groups excluding carboxylic acids is 2. The summed E-state index contributed by atoms with van der Waals surface area (Å²) < 4.78 is 5.48. The highest BCUT2D eigenvalue weighted by atomic mass is 16.5. The van der Waals surface area contributed by atoms with E-state index in [-0.39, 0.29) is 18.5 Å². The molecule has 2 atom stereocenters. The summed E-state index contributed by atoms with van der Waals surface area (Å²) in [6, 6.07) is -0.538. The van der Waals surface area contributed by atoms with Gasteiger partial charge in [-0.05, 0) is 77.0 Å². The van der Waals surface area contributed by atoms with Crippen molar-refractivity contribution in [1.29, 1.82) is 0 Å². The van der Waals surface area contributed by atoms with Gasteiger partial charge in [-0.3, -0.25) is 9.59 Å². The van der Waals surface area contributed by atoms with Crippen LogP contribution in [-0.4, -0.2) is 47.4 Å². The van der Waals surface area contributed by atoms with Gasteiger partial charge in [-0.1, -0.05) is 301 Å². The van der Waals surface area contributed by atoms with Crippen LogP contribution in [-0.2, 0) is 14.3 Å². The van der Waals surface area contributed by atoms with Gasteiger partial charge in [-0.25, -0.2) is 0 Å². The number of hydrogen-bond donors (Lipinski definition) is 3. The number of rotatable bonds is 62. The molecule has 73 heavy (non-hydrogen) atoms. The van der Waals surface area contributed by atoms with Crippen molar-refractivity contribution >= 4 is 11.9 Å². The van der Waals surface area contributed by atoms with E-state index < -0.39 is 12.1 Å². The van der Waals surface area contributed by atoms with E-state index in [1.165, 1.54) is 289 Å². The Balaban J connectivity index is 3.34. The smallest absolute Gasteiger partial charge is 0.305 e. The van der Waals surface area contributed by atoms with Gasteiger partial charge < -0.3 is 20.3 Å². The molecule has 0 aliphatic heterocycles. The minimum absolute atomic E-state index is 0.00942. The molecule has 0 heterocycles. The average Bonchev–Trinajstić information content (AvgIpc) is 3.39. The van der Waals surface area contributed by atoms with Gasteiger partial charge in [0.05, 0.1) is 25.4 Å². The van der Waals surface area contributed by atoms with Crippen LogP contribution in [0.2, 0.25) is 0 Å². The molecule has 432 valence electrons. The highest BCUT2D eigenvalue weighted by Gasteiger charge is 2.20. The fourth-order valence-electron chi connectivity index (χ4n) is 10.4. The molecule has 0 aromatic heterocycles. The topological polar surface area (TPSA) is 95.9 Å². The molecule has 2 unspecified atom stereocenters. The summed E-state index contributed by atoms with van der Waals surface area (Å²) in [6.45, 7) is 4.95. The summed E-state index contributed by atoms with van der Waals surface area (Å²) in [6.07, 6.45) is 77.9. The third kappa shape index (κ3) is 59.4. The van der Waals surface area contributed by atoms with Crippen molar-refractivity contribution in [2.75, 3.05) is 13.2 Å². The first kappa shape index (κ1) is 71.3. The van der Waals surface area contributed by atoms with E-state index in [0.717, 1.165) is 44.9 Å². The van der Waals surface area contributed by atoms with Gasteiger partial charge >= 0.3 is 5.97 Å². The first-order valence-electron chi connectivity index (χ1n) is 33.1. The number of aliphatic hydroxyl groups excluding tert-OH is 2. The Hall–Kier alpha value is -1.66. The zero-order valence-electron chi connectivity index (χ0n) is 49.4. The van der Waals surface area contributed by atoms with Gasteiger partial charge in [0.2, 0.25) is 5.91 Å². The molecule has 6 nitrogen and oxygen atoms in total. The highest BCUT2D eigenvalue weighted by Crippen LogP contribution is 2.18. The monoisotopic (exact) mass is 1030 g/mol. The van der Waals surface area contributed by atoms with Gasteiger partial charge in [0.25, 0.3) is 0 Å². The molecule has 0 rings (SSSR count). The molecule has 0 bridgehead atoms. The maximum atomic E-state index is 12.5. The van der Waals surface area contributed by atoms with Crippen LogP contribution in [0.15, 0.2) is 24.3 Å². The molecule has 0 aliphatic rings. The standard InChI is InChI=1S/C67H129NO5/c1-3-5-7-9-11-13-15-16-37-41-45-49-53-57-61-67(72)73-62-58-54-50-46-42-38-35-33-31-29-27-25-23-21-19-17-18-20-22-24-26-28-30-32-34-36-40-44-48-52-56-60-66(71)68-64(63-69)65(70)59-55-51-47-43-39-14-12-10-8-6-4-2/h15-16,19,21,64-65,69-70H,3-14,17-18,20,22-63H2,1-2H3,(H,68,71)/b16-15-,21-19-. The predicted octanol–water partition coefficient (Wildman–Crippen LogP) is 21.0. The maximum absolute atomic E-state index is 12.5. The number of aliphatic hydroxyl groups is 2. The Morgan fingerprint density at radius 3 is 0.973 bits per heavy atom. The Morgan fingerprint density at radius 2 is 0.644 bits per heavy atom. The fourth-order valence-corrected chi connectivity index (χ4v) is 10.4. The minimum Gasteiger partial charge on any atom is -0.466 e. The maximum Gasteiger partial charge on any atom is 0.305 e. The Labute approximate surface area is 456 Å². The van der Waals surface area contributed by atoms with E-state index >= 15 is 0 Å². The molecule has 0 aliphatic carbocycles. The first-order chi connectivity index (χ1) is 36.0. The van der Waals surface area contributed by atoms with E-state index in [9.17, 15) is 19.8 Å². The van der Waals surface area contributed by atoms with Crippen LogP contribution in [0.25, 0.3) is 0 Å². The fraction of sp³-hybridized carbons (Fsp3) is 0.910. The second-order valence-electron chi connectivity index (χ2n) is 22.8. The molecule has 6 heteroatoms. The van der Waals surface area contributed by atoms with E-state index in [4.69, 9.17) is 4.74 Å². The van der Waals surface area contributed by atoms with Crippen molar-refractivity contribution in [2.24, 2.45) is 0 Å². The molecule has 1 amide bonds. The Bertz CT molecular complexity index is 1140. The largest absolute Gasteiger partial charge is 0.466 e. The number of nitrogens with one attached hydrogen (secondary N) is 1. The molecule has 0 saturated heterocycles. The van der Waals surface area contributed by atoms with Gasteiger partial charge in [-0.2, -0.15) is 0 Å². The summed E-state index contributed by atoms with van der Waals surface area (Å²) in [5.74, 6) is -0.0230. The molecule has 3 N–H and O–H groups in total. The third-order valence-electron chi connectivity index (χ3n) is 15.5. The van der Waals surface area contributed by atoms with Crippen LogP contribution in [0.4, 0.5) is 0 Å². The SMILES string of the molecule is CCCCCCC/C=C\CCCCCCCC(=O)OCCCCCCCCCCCCCC/C=C\CCCCCCCCCCCCCCCCCC(=O)NC(CO)C(O)CCCCCCCCCCCCC. The summed E-state index contributed by atoms with van der Waals surface area (Å²) in [5, 5.41) is 23.2. The van der Waals surface area contributed by atoms with Crippen LogP contribution in [0.1, 0.15) is 367 Å². The van der Waals surface area contributed by atoms with Gasteiger partial charge in [0, 0.05) is 12.8 Å². The first-order valence-corrected chi connectivity index (χ1v) is 33.1. The van der Waals surface area contributed by atoms with Gasteiger partial charge in [-0.15, -0.1) is 0 Å². The summed E-state index contributed by atoms with van der Waals surface area (Å²) in [4.78, 5) is 24.5. The van der Waals surface area contributed by atoms with Gasteiger partial charge in [0.1, 0.15) is 0 Å². The second kappa shape index (κ2) is 62.9. The van der Waals surface area contributed by atoms with E-state index in [1.807, 2.05) is 0 Å². The van der Waals surface area contributed by atoms with Crippen LogP contribution >= 0.6 is 0 Å². The normalized spacial score (nSPS) is 12.7. The lowest BCUT2D eigenvalue weighted by molar-refractivity contribution is -0.143. The van der Waals surface area contributed by atoms with E-state index in [0.29, 0.717) is 25.9 Å². The van der Waals surface area contributed by atoms with Gasteiger partial charge in [0.15, 0.2) is 0 Å². The average molecular weight is 1030 g/mol. The Kier molecular flexibility index (Phi) is 61.4. The van der Waals surface area contributed by atoms with Crippen LogP contribution in [0, 0.1) is 0 Å². The number of ether oxygens (including phenoxy) is 1. The lowest BCUT2D eigenvalue weighted by atomic mass is 10.0. The Morgan fingerprint density at radius 1 is 0.370 bits per heavy atom. The number of allylic oxidation sites excluding steroid dienone is 4. The second-order valence-corrected chi connectivity index (χ2v) is 22.8. The lowest BCUT2D eigenvalue weighted by Crippen LogP contribution is -2.45. The summed E-state index contributed by atoms with van der Waals surface area (Å²) in [7, 11) is 0. The van der Waals surface area contributed by atoms with Crippen molar-refractivity contribution in [2.45, 2.75) is 379 Å². The van der Waals surface area contributed by atoms with Crippen molar-refractivity contribution in [3.8, 4) is 0 Å². The number of amides is 1. The van der Waals surface area contributed by atoms with Crippen molar-refractivity contribution in [1.82, 2.24) is 5.32 Å². The summed E-state index contributed by atoms with van der Waals surface area (Å²) >= 11 is 0.